The molecule has 2 aliphatic heterocycles. The number of amides is 4. The topological polar surface area (TPSA) is 100 Å². The predicted molar refractivity (Wildman–Crippen MR) is 107 cm³/mol. The summed E-state index contributed by atoms with van der Waals surface area (Å²) in [5.41, 5.74) is -0.927. The highest BCUT2D eigenvalue weighted by atomic mass is 19.4. The Kier molecular flexibility index (Phi) is 6.42. The maximum absolute atomic E-state index is 12.9. The van der Waals surface area contributed by atoms with Crippen molar-refractivity contribution in [3.8, 4) is 11.5 Å². The number of nitrogens with zero attached hydrogens (tertiary/aromatic N) is 2. The molecule has 0 unspecified atom stereocenters. The maximum Gasteiger partial charge on any atom is 0.573 e. The largest absolute Gasteiger partial charge is 0.573 e. The van der Waals surface area contributed by atoms with Crippen molar-refractivity contribution >= 4 is 23.5 Å². The minimum Gasteiger partial charge on any atom is -0.497 e. The van der Waals surface area contributed by atoms with Gasteiger partial charge in [0.1, 0.15) is 11.3 Å². The van der Waals surface area contributed by atoms with Crippen molar-refractivity contribution in [2.24, 2.45) is 0 Å². The van der Waals surface area contributed by atoms with E-state index in [9.17, 15) is 27.6 Å². The quantitative estimate of drug-likeness (QED) is 0.633. The van der Waals surface area contributed by atoms with Gasteiger partial charge in [-0.25, -0.2) is 4.79 Å². The van der Waals surface area contributed by atoms with E-state index in [1.165, 1.54) is 25.3 Å². The summed E-state index contributed by atoms with van der Waals surface area (Å²) in [4.78, 5) is 39.3. The van der Waals surface area contributed by atoms with Crippen LogP contribution < -0.4 is 25.0 Å². The molecule has 9 nitrogen and oxygen atoms in total. The Morgan fingerprint density at radius 3 is 2.56 bits per heavy atom. The molecule has 4 amide bonds. The number of imide groups is 1. The van der Waals surface area contributed by atoms with Crippen molar-refractivity contribution in [1.82, 2.24) is 15.5 Å². The maximum atomic E-state index is 12.9. The number of ether oxygens (including phenoxy) is 2. The van der Waals surface area contributed by atoms with Crippen LogP contribution in [0.1, 0.15) is 26.7 Å². The van der Waals surface area contributed by atoms with Gasteiger partial charge in [0.05, 0.1) is 12.8 Å². The number of hydrogen-bond acceptors (Lipinski definition) is 6. The third kappa shape index (κ3) is 5.17. The van der Waals surface area contributed by atoms with Gasteiger partial charge in [-0.1, -0.05) is 0 Å². The molecule has 0 aliphatic carbocycles. The lowest BCUT2D eigenvalue weighted by atomic mass is 9.95. The number of anilines is 1. The second-order valence-electron chi connectivity index (χ2n) is 8.00. The van der Waals surface area contributed by atoms with E-state index in [1.54, 1.807) is 23.6 Å². The Bertz CT molecular complexity index is 910. The van der Waals surface area contributed by atoms with E-state index in [2.05, 4.69) is 15.4 Å². The number of alkyl halides is 3. The molecule has 32 heavy (non-hydrogen) atoms. The third-order valence-corrected chi connectivity index (χ3v) is 5.64. The third-order valence-electron chi connectivity index (χ3n) is 5.64. The first-order chi connectivity index (χ1) is 14.9. The number of urea groups is 1. The lowest BCUT2D eigenvalue weighted by Gasteiger charge is -2.42. The van der Waals surface area contributed by atoms with Gasteiger partial charge in [-0.05, 0) is 32.4 Å². The summed E-state index contributed by atoms with van der Waals surface area (Å²) in [6, 6.07) is 3.15. The van der Waals surface area contributed by atoms with Crippen molar-refractivity contribution in [1.29, 1.82) is 0 Å². The molecule has 3 rings (SSSR count). The van der Waals surface area contributed by atoms with Crippen molar-refractivity contribution < 1.29 is 37.0 Å². The Morgan fingerprint density at radius 1 is 1.28 bits per heavy atom. The first-order valence-electron chi connectivity index (χ1n) is 10.0. The van der Waals surface area contributed by atoms with E-state index in [4.69, 9.17) is 4.74 Å². The van der Waals surface area contributed by atoms with Gasteiger partial charge in [0.15, 0.2) is 5.75 Å². The van der Waals surface area contributed by atoms with Crippen LogP contribution in [0.15, 0.2) is 18.2 Å². The van der Waals surface area contributed by atoms with Gasteiger partial charge < -0.3 is 24.6 Å². The van der Waals surface area contributed by atoms with E-state index in [1.807, 2.05) is 0 Å². The molecule has 2 heterocycles. The molecule has 12 heteroatoms. The Balaban J connectivity index is 1.67. The van der Waals surface area contributed by atoms with Crippen LogP contribution >= 0.6 is 0 Å². The average molecular weight is 458 g/mol. The molecule has 0 aromatic heterocycles. The molecule has 2 fully saturated rings. The van der Waals surface area contributed by atoms with Gasteiger partial charge in [-0.3, -0.25) is 14.9 Å². The Labute approximate surface area is 182 Å². The molecular formula is C20H25F3N4O5. The van der Waals surface area contributed by atoms with Gasteiger partial charge >= 0.3 is 12.4 Å². The number of piperazine rings is 1. The predicted octanol–water partition coefficient (Wildman–Crippen LogP) is 2.01. The highest BCUT2D eigenvalue weighted by molar-refractivity contribution is 6.06. The van der Waals surface area contributed by atoms with Gasteiger partial charge in [-0.2, -0.15) is 0 Å². The summed E-state index contributed by atoms with van der Waals surface area (Å²) in [5, 5.41) is 4.66. The van der Waals surface area contributed by atoms with E-state index in [0.29, 0.717) is 5.75 Å². The van der Waals surface area contributed by atoms with Gasteiger partial charge in [0, 0.05) is 38.2 Å². The number of nitrogens with one attached hydrogen (secondary N) is 2. The van der Waals surface area contributed by atoms with Crippen molar-refractivity contribution in [2.75, 3.05) is 31.6 Å². The molecule has 2 atom stereocenters. The van der Waals surface area contributed by atoms with Crippen LogP contribution in [0, 0.1) is 0 Å². The molecule has 2 saturated heterocycles. The number of carbonyl (C=O) groups is 3. The number of carbonyl (C=O) groups excluding carboxylic acids is 3. The summed E-state index contributed by atoms with van der Waals surface area (Å²) in [6.45, 7) is 4.18. The van der Waals surface area contributed by atoms with Crippen LogP contribution in [0.4, 0.5) is 23.7 Å². The lowest BCUT2D eigenvalue weighted by Crippen LogP contribution is -2.54. The minimum atomic E-state index is -4.84. The van der Waals surface area contributed by atoms with Gasteiger partial charge in [0.2, 0.25) is 5.91 Å². The summed E-state index contributed by atoms with van der Waals surface area (Å²) in [7, 11) is 1.41. The SMILES string of the molecule is COc1ccc(OC(F)(F)F)c(N2CCN(C(=O)CC[C@@]3(C)NC(=O)NC3=O)C[C@@H]2C)c1. The summed E-state index contributed by atoms with van der Waals surface area (Å²) < 4.78 is 47.9. The molecule has 176 valence electrons. The van der Waals surface area contributed by atoms with E-state index >= 15 is 0 Å². The molecule has 1 aromatic rings. The van der Waals surface area contributed by atoms with Crippen LogP contribution in [0.25, 0.3) is 0 Å². The van der Waals surface area contributed by atoms with E-state index in [-0.39, 0.29) is 55.9 Å². The second-order valence-corrected chi connectivity index (χ2v) is 8.00. The van der Waals surface area contributed by atoms with Crippen molar-refractivity contribution in [3.63, 3.8) is 0 Å². The molecule has 2 aliphatic rings. The van der Waals surface area contributed by atoms with Crippen LogP contribution in [0.3, 0.4) is 0 Å². The molecular weight excluding hydrogens is 433 g/mol. The zero-order chi connectivity index (χ0) is 23.7. The fraction of sp³-hybridized carbons (Fsp3) is 0.550. The summed E-state index contributed by atoms with van der Waals surface area (Å²) in [6.07, 6.45) is -4.67. The standard InChI is InChI=1S/C20H25F3N4O5/c1-12-11-26(16(28)6-7-19(2)17(29)24-18(30)25-19)8-9-27(12)14-10-13(31-3)4-5-15(14)32-20(21,22)23/h4-5,10,12H,6-9,11H2,1-3H3,(H2,24,25,29,30)/t12-,19+/m0/s1. The van der Waals surface area contributed by atoms with Crippen LogP contribution in [0.5, 0.6) is 11.5 Å². The number of rotatable bonds is 6. The number of halogens is 3. The van der Waals surface area contributed by atoms with E-state index < -0.39 is 23.8 Å². The zero-order valence-electron chi connectivity index (χ0n) is 17.9. The summed E-state index contributed by atoms with van der Waals surface area (Å²) in [5.74, 6) is -0.654. The van der Waals surface area contributed by atoms with Crippen molar-refractivity contribution in [2.45, 2.75) is 44.6 Å². The molecule has 2 N–H and O–H groups in total. The van der Waals surface area contributed by atoms with E-state index in [0.717, 1.165) is 0 Å². The van der Waals surface area contributed by atoms with Gasteiger partial charge in [0.25, 0.3) is 5.91 Å². The fourth-order valence-electron chi connectivity index (χ4n) is 3.87. The molecule has 0 saturated carbocycles. The normalized spacial score (nSPS) is 23.6. The first kappa shape index (κ1) is 23.5. The molecule has 0 spiro atoms. The van der Waals surface area contributed by atoms with Crippen LogP contribution in [-0.4, -0.2) is 67.4 Å². The lowest BCUT2D eigenvalue weighted by molar-refractivity contribution is -0.274. The zero-order valence-corrected chi connectivity index (χ0v) is 17.9. The summed E-state index contributed by atoms with van der Waals surface area (Å²) >= 11 is 0. The highest BCUT2D eigenvalue weighted by Gasteiger charge is 2.42. The van der Waals surface area contributed by atoms with Crippen LogP contribution in [0.2, 0.25) is 0 Å². The second kappa shape index (κ2) is 8.75. The highest BCUT2D eigenvalue weighted by Crippen LogP contribution is 2.37. The Morgan fingerprint density at radius 2 is 2.00 bits per heavy atom. The molecule has 0 bridgehead atoms. The number of hydrogen-bond donors (Lipinski definition) is 2. The van der Waals surface area contributed by atoms with Crippen LogP contribution in [-0.2, 0) is 9.59 Å². The minimum absolute atomic E-state index is 0.0402. The molecule has 0 radical (unpaired) electrons. The monoisotopic (exact) mass is 458 g/mol. The first-order valence-corrected chi connectivity index (χ1v) is 10.0. The fourth-order valence-corrected chi connectivity index (χ4v) is 3.87. The smallest absolute Gasteiger partial charge is 0.497 e. The van der Waals surface area contributed by atoms with Gasteiger partial charge in [-0.15, -0.1) is 13.2 Å². The van der Waals surface area contributed by atoms with Crippen molar-refractivity contribution in [3.05, 3.63) is 18.2 Å². The molecule has 1 aromatic carbocycles. The average Bonchev–Trinajstić information content (AvgIpc) is 2.97. The number of methoxy groups -OCH3 is 1. The Hall–Kier alpha value is -3.18. The number of benzene rings is 1.